The van der Waals surface area contributed by atoms with Crippen LogP contribution in [0.25, 0.3) is 0 Å². The molecule has 0 spiro atoms. The van der Waals surface area contributed by atoms with Gasteiger partial charge in [-0.1, -0.05) is 0 Å². The summed E-state index contributed by atoms with van der Waals surface area (Å²) in [5, 5.41) is 9.17. The lowest BCUT2D eigenvalue weighted by Crippen LogP contribution is -2.48. The molecule has 1 aromatic rings. The summed E-state index contributed by atoms with van der Waals surface area (Å²) in [6.45, 7) is 1.74. The first-order valence-corrected chi connectivity index (χ1v) is 7.65. The third-order valence-corrected chi connectivity index (χ3v) is 5.80. The summed E-state index contributed by atoms with van der Waals surface area (Å²) in [6.07, 6.45) is 8.15. The third kappa shape index (κ3) is 1.59. The van der Waals surface area contributed by atoms with E-state index in [2.05, 4.69) is 4.98 Å². The number of aromatic nitrogens is 2. The van der Waals surface area contributed by atoms with E-state index in [1.807, 2.05) is 6.07 Å². The topological polar surface area (TPSA) is 58.7 Å². The molecule has 4 bridgehead atoms. The van der Waals surface area contributed by atoms with E-state index in [0.29, 0.717) is 17.5 Å². The van der Waals surface area contributed by atoms with Crippen LogP contribution in [0.4, 0.5) is 0 Å². The van der Waals surface area contributed by atoms with Gasteiger partial charge in [0.1, 0.15) is 11.6 Å². The van der Waals surface area contributed by atoms with Crippen molar-refractivity contribution < 1.29 is 0 Å². The lowest BCUT2D eigenvalue weighted by Gasteiger charge is -2.54. The molecule has 1 heterocycles. The normalized spacial score (nSPS) is 37.9. The minimum atomic E-state index is -0.127. The number of aryl methyl sites for hydroxylation is 1. The van der Waals surface area contributed by atoms with Crippen LogP contribution < -0.4 is 5.56 Å². The molecule has 0 atom stereocenters. The number of nitriles is 1. The molecule has 0 N–H and O–H groups in total. The standard InChI is InChI=1S/C16H19N3O/c1-9-14(7-17)16(20)19(8-18-9)15-12-3-10-2-11(5-12)6-13(15)4-10/h8,10-13,15H,2-6H2,1H3. The molecule has 4 saturated carbocycles. The minimum Gasteiger partial charge on any atom is -0.294 e. The minimum absolute atomic E-state index is 0.127. The van der Waals surface area contributed by atoms with Crippen LogP contribution in [0.2, 0.25) is 0 Å². The molecule has 0 unspecified atom stereocenters. The van der Waals surface area contributed by atoms with Crippen molar-refractivity contribution in [3.05, 3.63) is 27.9 Å². The fourth-order valence-corrected chi connectivity index (χ4v) is 5.24. The molecule has 0 aliphatic heterocycles. The van der Waals surface area contributed by atoms with Crippen molar-refractivity contribution in [2.24, 2.45) is 23.7 Å². The zero-order valence-corrected chi connectivity index (χ0v) is 11.7. The van der Waals surface area contributed by atoms with Crippen molar-refractivity contribution >= 4 is 0 Å². The largest absolute Gasteiger partial charge is 0.294 e. The Morgan fingerprint density at radius 1 is 1.20 bits per heavy atom. The van der Waals surface area contributed by atoms with Crippen LogP contribution in [0.3, 0.4) is 0 Å². The maximum absolute atomic E-state index is 12.5. The second-order valence-corrected chi connectivity index (χ2v) is 6.95. The van der Waals surface area contributed by atoms with Gasteiger partial charge < -0.3 is 0 Å². The Bertz CT molecular complexity index is 627. The Balaban J connectivity index is 1.79. The molecule has 0 amide bonds. The average Bonchev–Trinajstić information content (AvgIpc) is 2.40. The molecule has 4 aliphatic rings. The van der Waals surface area contributed by atoms with Gasteiger partial charge in [-0.25, -0.2) is 4.98 Å². The van der Waals surface area contributed by atoms with Crippen LogP contribution in [-0.4, -0.2) is 9.55 Å². The van der Waals surface area contributed by atoms with Gasteiger partial charge in [0.15, 0.2) is 0 Å². The monoisotopic (exact) mass is 269 g/mol. The Morgan fingerprint density at radius 2 is 1.80 bits per heavy atom. The molecular weight excluding hydrogens is 250 g/mol. The van der Waals surface area contributed by atoms with Crippen LogP contribution in [0.15, 0.2) is 11.1 Å². The van der Waals surface area contributed by atoms with Gasteiger partial charge in [-0.2, -0.15) is 5.26 Å². The van der Waals surface area contributed by atoms with Gasteiger partial charge >= 0.3 is 0 Å². The predicted molar refractivity (Wildman–Crippen MR) is 74.0 cm³/mol. The molecule has 0 aromatic carbocycles. The summed E-state index contributed by atoms with van der Waals surface area (Å²) >= 11 is 0. The Kier molecular flexibility index (Phi) is 2.54. The molecule has 0 radical (unpaired) electrons. The lowest BCUT2D eigenvalue weighted by molar-refractivity contribution is -0.0308. The first-order chi connectivity index (χ1) is 9.67. The van der Waals surface area contributed by atoms with Gasteiger partial charge in [0.2, 0.25) is 0 Å². The smallest absolute Gasteiger partial charge is 0.271 e. The highest BCUT2D eigenvalue weighted by Gasteiger charge is 2.49. The van der Waals surface area contributed by atoms with Crippen molar-refractivity contribution in [2.45, 2.75) is 45.1 Å². The second-order valence-electron chi connectivity index (χ2n) is 6.95. The summed E-state index contributed by atoms with van der Waals surface area (Å²) in [7, 11) is 0. The second kappa shape index (κ2) is 4.18. The fourth-order valence-electron chi connectivity index (χ4n) is 5.24. The quantitative estimate of drug-likeness (QED) is 0.786. The van der Waals surface area contributed by atoms with Gasteiger partial charge in [0.05, 0.1) is 12.0 Å². The summed E-state index contributed by atoms with van der Waals surface area (Å²) in [5.74, 6) is 3.02. The van der Waals surface area contributed by atoms with Crippen molar-refractivity contribution in [3.63, 3.8) is 0 Å². The van der Waals surface area contributed by atoms with E-state index in [0.717, 1.165) is 11.8 Å². The third-order valence-electron chi connectivity index (χ3n) is 5.80. The van der Waals surface area contributed by atoms with Gasteiger partial charge in [-0.05, 0) is 62.7 Å². The Morgan fingerprint density at radius 3 is 2.35 bits per heavy atom. The number of rotatable bonds is 1. The van der Waals surface area contributed by atoms with Crippen molar-refractivity contribution in [1.82, 2.24) is 9.55 Å². The van der Waals surface area contributed by atoms with E-state index in [4.69, 9.17) is 0 Å². The predicted octanol–water partition coefficient (Wildman–Crippen LogP) is 2.42. The summed E-state index contributed by atoms with van der Waals surface area (Å²) in [6, 6.07) is 2.32. The molecule has 4 heteroatoms. The highest BCUT2D eigenvalue weighted by Crippen LogP contribution is 2.57. The molecule has 20 heavy (non-hydrogen) atoms. The van der Waals surface area contributed by atoms with Crippen molar-refractivity contribution in [2.75, 3.05) is 0 Å². The Labute approximate surface area is 118 Å². The maximum Gasteiger partial charge on any atom is 0.271 e. The first-order valence-electron chi connectivity index (χ1n) is 7.65. The van der Waals surface area contributed by atoms with E-state index in [1.54, 1.807) is 17.8 Å². The molecule has 5 rings (SSSR count). The van der Waals surface area contributed by atoms with Gasteiger partial charge in [-0.15, -0.1) is 0 Å². The van der Waals surface area contributed by atoms with E-state index in [1.165, 1.54) is 32.1 Å². The fraction of sp³-hybridized carbons (Fsp3) is 0.688. The van der Waals surface area contributed by atoms with Crippen LogP contribution in [0, 0.1) is 41.9 Å². The first kappa shape index (κ1) is 12.1. The number of nitrogens with zero attached hydrogens (tertiary/aromatic N) is 3. The SMILES string of the molecule is Cc1ncn(C2C3CC4CC(C3)CC2C4)c(=O)c1C#N. The molecule has 4 fully saturated rings. The molecule has 4 nitrogen and oxygen atoms in total. The van der Waals surface area contributed by atoms with Crippen LogP contribution in [0.5, 0.6) is 0 Å². The molecule has 4 aliphatic carbocycles. The zero-order chi connectivity index (χ0) is 13.9. The summed E-state index contributed by atoms with van der Waals surface area (Å²) in [4.78, 5) is 16.8. The molecular formula is C16H19N3O. The Hall–Kier alpha value is -1.63. The summed E-state index contributed by atoms with van der Waals surface area (Å²) in [5.41, 5.74) is 0.649. The van der Waals surface area contributed by atoms with E-state index >= 15 is 0 Å². The van der Waals surface area contributed by atoms with Gasteiger partial charge in [-0.3, -0.25) is 9.36 Å². The van der Waals surface area contributed by atoms with E-state index in [-0.39, 0.29) is 17.2 Å². The number of hydrogen-bond acceptors (Lipinski definition) is 3. The highest BCUT2D eigenvalue weighted by molar-refractivity contribution is 5.29. The van der Waals surface area contributed by atoms with Crippen LogP contribution in [-0.2, 0) is 0 Å². The highest BCUT2D eigenvalue weighted by atomic mass is 16.1. The zero-order valence-electron chi connectivity index (χ0n) is 11.7. The van der Waals surface area contributed by atoms with Crippen LogP contribution >= 0.6 is 0 Å². The summed E-state index contributed by atoms with van der Waals surface area (Å²) < 4.78 is 1.79. The van der Waals surface area contributed by atoms with Crippen LogP contribution in [0.1, 0.15) is 49.4 Å². The van der Waals surface area contributed by atoms with Gasteiger partial charge in [0.25, 0.3) is 5.56 Å². The van der Waals surface area contributed by atoms with Crippen molar-refractivity contribution in [1.29, 1.82) is 5.26 Å². The maximum atomic E-state index is 12.5. The number of hydrogen-bond donors (Lipinski definition) is 0. The molecule has 104 valence electrons. The lowest BCUT2D eigenvalue weighted by atomic mass is 9.54. The molecule has 0 saturated heterocycles. The van der Waals surface area contributed by atoms with E-state index in [9.17, 15) is 10.1 Å². The van der Waals surface area contributed by atoms with Gasteiger partial charge in [0, 0.05) is 6.04 Å². The van der Waals surface area contributed by atoms with E-state index < -0.39 is 0 Å². The average molecular weight is 269 g/mol. The van der Waals surface area contributed by atoms with Crippen molar-refractivity contribution in [3.8, 4) is 6.07 Å². The molecule has 1 aromatic heterocycles.